The highest BCUT2D eigenvalue weighted by molar-refractivity contribution is 5.98. The first kappa shape index (κ1) is 40.3. The Morgan fingerprint density at radius 1 is 0.962 bits per heavy atom. The molecule has 1 aliphatic carbocycles. The number of nitrogens with one attached hydrogen (secondary N) is 4. The van der Waals surface area contributed by atoms with Crippen molar-refractivity contribution in [2.45, 2.75) is 90.0 Å². The van der Waals surface area contributed by atoms with Gasteiger partial charge in [-0.3, -0.25) is 14.4 Å². The lowest BCUT2D eigenvalue weighted by atomic mass is 9.78. The monoisotopic (exact) mass is 731 g/mol. The molecule has 3 aromatic rings. The van der Waals surface area contributed by atoms with Crippen LogP contribution in [0.2, 0.25) is 0 Å². The summed E-state index contributed by atoms with van der Waals surface area (Å²) in [6.07, 6.45) is -4.12. The highest BCUT2D eigenvalue weighted by Crippen LogP contribution is 2.40. The number of fused-ring (bicyclic) bond motifs is 3. The molecule has 4 rings (SSSR count). The molecule has 5 atom stereocenters. The van der Waals surface area contributed by atoms with Crippen molar-refractivity contribution >= 4 is 34.6 Å². The SMILES string of the molecule is CCC(C)C(NC(=O)Cc1ccccc1F)C(=O)N[C@@]1(C(=O)NC(C(=O)OCCN(C)C)C(C)CC)CCc2[nH]c3c(C(F)(F)F)cccc3c2C1. The molecule has 1 heterocycles. The minimum Gasteiger partial charge on any atom is -0.463 e. The van der Waals surface area contributed by atoms with Crippen LogP contribution in [0.4, 0.5) is 17.6 Å². The molecule has 2 aromatic carbocycles. The van der Waals surface area contributed by atoms with E-state index < -0.39 is 64.8 Å². The highest BCUT2D eigenvalue weighted by atomic mass is 19.4. The number of para-hydroxylation sites is 1. The Hall–Kier alpha value is -4.46. The molecule has 1 aliphatic rings. The van der Waals surface area contributed by atoms with E-state index in [9.17, 15) is 36.7 Å². The molecule has 0 radical (unpaired) electrons. The number of aromatic nitrogens is 1. The normalized spacial score (nSPS) is 18.2. The van der Waals surface area contributed by atoms with Crippen LogP contribution in [0.5, 0.6) is 0 Å². The second kappa shape index (κ2) is 16.9. The topological polar surface area (TPSA) is 133 Å². The first-order valence-electron chi connectivity index (χ1n) is 17.7. The van der Waals surface area contributed by atoms with E-state index in [0.29, 0.717) is 30.6 Å². The molecule has 14 heteroatoms. The van der Waals surface area contributed by atoms with Crippen LogP contribution in [0, 0.1) is 17.7 Å². The number of ether oxygens (including phenoxy) is 1. The van der Waals surface area contributed by atoms with Gasteiger partial charge in [0.25, 0.3) is 0 Å². The van der Waals surface area contributed by atoms with E-state index in [1.54, 1.807) is 19.9 Å². The van der Waals surface area contributed by atoms with Crippen molar-refractivity contribution < 1.29 is 41.5 Å². The summed E-state index contributed by atoms with van der Waals surface area (Å²) >= 11 is 0. The Bertz CT molecular complexity index is 1760. The molecule has 4 N–H and O–H groups in total. The molecule has 0 fully saturated rings. The number of carbonyl (C=O) groups is 4. The van der Waals surface area contributed by atoms with Gasteiger partial charge in [-0.25, -0.2) is 9.18 Å². The van der Waals surface area contributed by atoms with E-state index in [0.717, 1.165) is 6.07 Å². The predicted molar refractivity (Wildman–Crippen MR) is 189 cm³/mol. The molecule has 0 saturated carbocycles. The van der Waals surface area contributed by atoms with Gasteiger partial charge in [0.15, 0.2) is 0 Å². The number of hydrogen-bond acceptors (Lipinski definition) is 6. The molecular formula is C38H49F4N5O5. The Balaban J connectivity index is 1.72. The van der Waals surface area contributed by atoms with Crippen LogP contribution in [0.15, 0.2) is 42.5 Å². The van der Waals surface area contributed by atoms with Crippen molar-refractivity contribution in [1.29, 1.82) is 0 Å². The van der Waals surface area contributed by atoms with Crippen molar-refractivity contribution in [1.82, 2.24) is 25.8 Å². The van der Waals surface area contributed by atoms with E-state index >= 15 is 0 Å². The number of rotatable bonds is 15. The van der Waals surface area contributed by atoms with Crippen LogP contribution >= 0.6 is 0 Å². The Morgan fingerprint density at radius 3 is 2.27 bits per heavy atom. The quantitative estimate of drug-likeness (QED) is 0.127. The van der Waals surface area contributed by atoms with E-state index in [-0.39, 0.29) is 54.7 Å². The van der Waals surface area contributed by atoms with Crippen molar-refractivity contribution in [2.24, 2.45) is 11.8 Å². The molecule has 284 valence electrons. The summed E-state index contributed by atoms with van der Waals surface area (Å²) in [7, 11) is 3.64. The van der Waals surface area contributed by atoms with Gasteiger partial charge >= 0.3 is 12.1 Å². The van der Waals surface area contributed by atoms with Gasteiger partial charge in [-0.15, -0.1) is 0 Å². The molecule has 3 amide bonds. The molecule has 1 aromatic heterocycles. The van der Waals surface area contributed by atoms with Gasteiger partial charge < -0.3 is 30.6 Å². The Labute approximate surface area is 301 Å². The number of likely N-dealkylation sites (N-methyl/N-ethyl adjacent to an activating group) is 1. The summed E-state index contributed by atoms with van der Waals surface area (Å²) in [6, 6.07) is 7.37. The number of aromatic amines is 1. The summed E-state index contributed by atoms with van der Waals surface area (Å²) in [6.45, 7) is 7.75. The second-order valence-electron chi connectivity index (χ2n) is 14.1. The first-order valence-corrected chi connectivity index (χ1v) is 17.7. The van der Waals surface area contributed by atoms with Crippen LogP contribution in [0.1, 0.15) is 69.3 Å². The number of hydrogen-bond donors (Lipinski definition) is 4. The second-order valence-corrected chi connectivity index (χ2v) is 14.1. The maximum atomic E-state index is 14.6. The number of carbonyl (C=O) groups excluding carboxylic acids is 4. The molecule has 4 unspecified atom stereocenters. The van der Waals surface area contributed by atoms with Crippen LogP contribution < -0.4 is 16.0 Å². The Kier molecular flexibility index (Phi) is 13.1. The van der Waals surface area contributed by atoms with Crippen LogP contribution in [0.25, 0.3) is 10.9 Å². The molecule has 0 bridgehead atoms. The van der Waals surface area contributed by atoms with E-state index in [1.165, 1.54) is 30.3 Å². The fourth-order valence-electron chi connectivity index (χ4n) is 6.49. The third-order valence-corrected chi connectivity index (χ3v) is 10.1. The fourth-order valence-corrected chi connectivity index (χ4v) is 6.49. The van der Waals surface area contributed by atoms with Crippen LogP contribution in [-0.4, -0.2) is 78.4 Å². The summed E-state index contributed by atoms with van der Waals surface area (Å²) in [5, 5.41) is 8.70. The zero-order chi connectivity index (χ0) is 38.4. The van der Waals surface area contributed by atoms with Crippen molar-refractivity contribution in [3.63, 3.8) is 0 Å². The van der Waals surface area contributed by atoms with E-state index in [2.05, 4.69) is 20.9 Å². The first-order chi connectivity index (χ1) is 24.5. The van der Waals surface area contributed by atoms with Crippen molar-refractivity contribution in [2.75, 3.05) is 27.2 Å². The summed E-state index contributed by atoms with van der Waals surface area (Å²) < 4.78 is 61.9. The maximum Gasteiger partial charge on any atom is 0.418 e. The number of amides is 3. The summed E-state index contributed by atoms with van der Waals surface area (Å²) in [4.78, 5) is 60.1. The summed E-state index contributed by atoms with van der Waals surface area (Å²) in [5.74, 6) is -4.02. The van der Waals surface area contributed by atoms with Crippen LogP contribution in [0.3, 0.4) is 0 Å². The third-order valence-electron chi connectivity index (χ3n) is 10.1. The third kappa shape index (κ3) is 9.30. The molecule has 0 aliphatic heterocycles. The van der Waals surface area contributed by atoms with Gasteiger partial charge in [-0.05, 0) is 62.0 Å². The number of nitrogens with zero attached hydrogens (tertiary/aromatic N) is 1. The zero-order valence-corrected chi connectivity index (χ0v) is 30.5. The van der Waals surface area contributed by atoms with Crippen LogP contribution in [-0.2, 0) is 49.4 Å². The Morgan fingerprint density at radius 2 is 1.63 bits per heavy atom. The van der Waals surface area contributed by atoms with Gasteiger partial charge in [0.2, 0.25) is 17.7 Å². The van der Waals surface area contributed by atoms with E-state index in [1.807, 2.05) is 32.8 Å². The lowest BCUT2D eigenvalue weighted by Crippen LogP contribution is -2.67. The predicted octanol–water partition coefficient (Wildman–Crippen LogP) is 5.08. The number of aryl methyl sites for hydroxylation is 1. The van der Waals surface area contributed by atoms with Gasteiger partial charge in [-0.2, -0.15) is 13.2 Å². The smallest absolute Gasteiger partial charge is 0.418 e. The van der Waals surface area contributed by atoms with E-state index in [4.69, 9.17) is 4.74 Å². The minimum absolute atomic E-state index is 0.0228. The molecule has 0 saturated heterocycles. The lowest BCUT2D eigenvalue weighted by Gasteiger charge is -2.39. The van der Waals surface area contributed by atoms with Gasteiger partial charge in [-0.1, -0.05) is 70.9 Å². The van der Waals surface area contributed by atoms with Crippen molar-refractivity contribution in [3.05, 3.63) is 70.7 Å². The van der Waals surface area contributed by atoms with Crippen molar-refractivity contribution in [3.8, 4) is 0 Å². The molecular weight excluding hydrogens is 682 g/mol. The van der Waals surface area contributed by atoms with Gasteiger partial charge in [0, 0.05) is 24.0 Å². The largest absolute Gasteiger partial charge is 0.463 e. The maximum absolute atomic E-state index is 14.6. The standard InChI is InChI=1S/C38H49F4N5O5/c1-7-22(3)31(44-30(48)20-24-12-9-10-15-28(24)39)34(49)46-37(36(51)45-32(23(4)8-2)35(50)52-19-18-47(5)6)17-16-29-26(21-37)25-13-11-14-27(33(25)43-29)38(40,41)42/h9-15,22-23,31-32,43H,7-8,16-21H2,1-6H3,(H,44,48)(H,45,51)(H,46,49)/t22?,23?,31?,32?,37-/m0/s1. The number of H-pyrrole nitrogens is 1. The molecule has 10 nitrogen and oxygen atoms in total. The molecule has 0 spiro atoms. The number of benzene rings is 2. The number of halogens is 4. The number of esters is 1. The number of alkyl halides is 3. The zero-order valence-electron chi connectivity index (χ0n) is 30.5. The van der Waals surface area contributed by atoms with Gasteiger partial charge in [0.05, 0.1) is 17.5 Å². The average Bonchev–Trinajstić information content (AvgIpc) is 3.46. The fraction of sp³-hybridized carbons (Fsp3) is 0.526. The minimum atomic E-state index is -4.64. The molecule has 52 heavy (non-hydrogen) atoms. The summed E-state index contributed by atoms with van der Waals surface area (Å²) in [5.41, 5.74) is -1.63. The van der Waals surface area contributed by atoms with Gasteiger partial charge in [0.1, 0.15) is 30.0 Å². The lowest BCUT2D eigenvalue weighted by molar-refractivity contribution is -0.151. The average molecular weight is 732 g/mol. The highest BCUT2D eigenvalue weighted by Gasteiger charge is 2.47.